The lowest BCUT2D eigenvalue weighted by Gasteiger charge is -2.60. The number of anilines is 1. The molecule has 1 aromatic rings. The molecule has 0 saturated heterocycles. The highest BCUT2D eigenvalue weighted by atomic mass is 35.5. The summed E-state index contributed by atoms with van der Waals surface area (Å²) in [6.07, 6.45) is 3.89. The topological polar surface area (TPSA) is 84.5 Å². The summed E-state index contributed by atoms with van der Waals surface area (Å²) in [5.74, 6) is -0.727. The van der Waals surface area contributed by atoms with Crippen molar-refractivity contribution in [3.8, 4) is 0 Å². The fourth-order valence-corrected chi connectivity index (χ4v) is 6.40. The van der Waals surface area contributed by atoms with Crippen LogP contribution in [0.4, 0.5) is 10.1 Å². The molecule has 0 spiro atoms. The standard InChI is InChI=1S/C22H26ClFN2O4/c1-12(19(28)25-18-4-3-16(24)6-17(18)23)30-20(29)21-7-14-5-15(8-21)10-22(9-14,11-21)26-13(2)27/h3-4,6,12,14-15H,5,7-11H2,1-2H3,(H,25,28)(H,26,27)/t12-,14-,15+,21?,22?/m0/s1. The van der Waals surface area contributed by atoms with Crippen molar-refractivity contribution < 1.29 is 23.5 Å². The largest absolute Gasteiger partial charge is 0.452 e. The number of carbonyl (C=O) groups excluding carboxylic acids is 3. The second-order valence-electron chi connectivity index (χ2n) is 9.36. The molecule has 4 aliphatic carbocycles. The van der Waals surface area contributed by atoms with Crippen LogP contribution in [0.1, 0.15) is 52.4 Å². The highest BCUT2D eigenvalue weighted by molar-refractivity contribution is 6.33. The number of amides is 2. The minimum atomic E-state index is -1.02. The number of rotatable bonds is 5. The number of carbonyl (C=O) groups is 3. The molecule has 6 nitrogen and oxygen atoms in total. The molecular formula is C22H26ClFN2O4. The Labute approximate surface area is 179 Å². The second kappa shape index (κ2) is 7.52. The van der Waals surface area contributed by atoms with Gasteiger partial charge < -0.3 is 15.4 Å². The fourth-order valence-electron chi connectivity index (χ4n) is 6.19. The second-order valence-corrected chi connectivity index (χ2v) is 9.77. The van der Waals surface area contributed by atoms with Crippen molar-refractivity contribution in [3.63, 3.8) is 0 Å². The Hall–Kier alpha value is -2.15. The summed E-state index contributed by atoms with van der Waals surface area (Å²) in [4.78, 5) is 37.5. The third-order valence-electron chi connectivity index (χ3n) is 6.78. The van der Waals surface area contributed by atoms with Crippen LogP contribution in [0.5, 0.6) is 0 Å². The molecular weight excluding hydrogens is 411 g/mol. The summed E-state index contributed by atoms with van der Waals surface area (Å²) >= 11 is 5.95. The lowest BCUT2D eigenvalue weighted by Crippen LogP contribution is -2.65. The summed E-state index contributed by atoms with van der Waals surface area (Å²) in [7, 11) is 0. The van der Waals surface area contributed by atoms with E-state index in [1.165, 1.54) is 26.0 Å². The first-order valence-corrected chi connectivity index (χ1v) is 10.7. The van der Waals surface area contributed by atoms with Crippen molar-refractivity contribution >= 4 is 35.1 Å². The number of hydrogen-bond acceptors (Lipinski definition) is 4. The van der Waals surface area contributed by atoms with Crippen molar-refractivity contribution in [2.24, 2.45) is 17.3 Å². The third-order valence-corrected chi connectivity index (χ3v) is 7.09. The summed E-state index contributed by atoms with van der Waals surface area (Å²) in [5, 5.41) is 5.76. The molecule has 162 valence electrons. The number of esters is 1. The highest BCUT2D eigenvalue weighted by Crippen LogP contribution is 2.62. The van der Waals surface area contributed by atoms with Gasteiger partial charge in [-0.3, -0.25) is 14.4 Å². The SMILES string of the molecule is CC(=O)NC12C[C@H]3C[C@@H](C1)CC(C(=O)O[C@@H](C)C(=O)Nc1ccc(F)cc1Cl)(C3)C2. The van der Waals surface area contributed by atoms with Crippen LogP contribution in [0.25, 0.3) is 0 Å². The van der Waals surface area contributed by atoms with E-state index >= 15 is 0 Å². The van der Waals surface area contributed by atoms with E-state index in [1.807, 2.05) is 0 Å². The molecule has 5 rings (SSSR count). The summed E-state index contributed by atoms with van der Waals surface area (Å²) in [6.45, 7) is 3.02. The smallest absolute Gasteiger partial charge is 0.312 e. The van der Waals surface area contributed by atoms with Gasteiger partial charge in [0.15, 0.2) is 6.10 Å². The van der Waals surface area contributed by atoms with Crippen molar-refractivity contribution in [1.29, 1.82) is 0 Å². The molecule has 1 aromatic carbocycles. The van der Waals surface area contributed by atoms with Gasteiger partial charge in [-0.15, -0.1) is 0 Å². The Balaban J connectivity index is 1.45. The molecule has 2 N–H and O–H groups in total. The van der Waals surface area contributed by atoms with Crippen LogP contribution in [-0.4, -0.2) is 29.4 Å². The van der Waals surface area contributed by atoms with E-state index in [-0.39, 0.29) is 28.1 Å². The number of ether oxygens (including phenoxy) is 1. The van der Waals surface area contributed by atoms with Gasteiger partial charge in [0.1, 0.15) is 5.82 Å². The van der Waals surface area contributed by atoms with Gasteiger partial charge in [0.05, 0.1) is 16.1 Å². The van der Waals surface area contributed by atoms with E-state index in [1.54, 1.807) is 0 Å². The lowest BCUT2D eigenvalue weighted by atomic mass is 9.47. The number of halogens is 2. The Morgan fingerprint density at radius 2 is 1.87 bits per heavy atom. The van der Waals surface area contributed by atoms with Crippen LogP contribution in [0.2, 0.25) is 5.02 Å². The minimum absolute atomic E-state index is 0.0696. The molecule has 0 aromatic heterocycles. The molecule has 4 fully saturated rings. The van der Waals surface area contributed by atoms with E-state index in [4.69, 9.17) is 16.3 Å². The van der Waals surface area contributed by atoms with Crippen LogP contribution in [0, 0.1) is 23.1 Å². The minimum Gasteiger partial charge on any atom is -0.452 e. The Kier molecular flexibility index (Phi) is 5.29. The van der Waals surface area contributed by atoms with Gasteiger partial charge in [0, 0.05) is 12.5 Å². The van der Waals surface area contributed by atoms with Crippen molar-refractivity contribution in [3.05, 3.63) is 29.0 Å². The molecule has 30 heavy (non-hydrogen) atoms. The number of nitrogens with one attached hydrogen (secondary N) is 2. The zero-order valence-electron chi connectivity index (χ0n) is 17.1. The Morgan fingerprint density at radius 1 is 1.20 bits per heavy atom. The van der Waals surface area contributed by atoms with Crippen LogP contribution in [0.15, 0.2) is 18.2 Å². The molecule has 0 aliphatic heterocycles. The Morgan fingerprint density at radius 3 is 2.47 bits per heavy atom. The molecule has 8 heteroatoms. The van der Waals surface area contributed by atoms with Crippen LogP contribution in [-0.2, 0) is 19.1 Å². The maximum absolute atomic E-state index is 13.2. The third kappa shape index (κ3) is 3.92. The first kappa shape index (κ1) is 21.1. The molecule has 0 heterocycles. The molecule has 5 atom stereocenters. The zero-order chi connectivity index (χ0) is 21.7. The van der Waals surface area contributed by atoms with Gasteiger partial charge in [-0.25, -0.2) is 4.39 Å². The number of hydrogen-bond donors (Lipinski definition) is 2. The van der Waals surface area contributed by atoms with Crippen LogP contribution < -0.4 is 10.6 Å². The normalized spacial score (nSPS) is 32.4. The average molecular weight is 437 g/mol. The van der Waals surface area contributed by atoms with E-state index in [9.17, 15) is 18.8 Å². The van der Waals surface area contributed by atoms with Gasteiger partial charge >= 0.3 is 5.97 Å². The first-order valence-electron chi connectivity index (χ1n) is 10.4. The monoisotopic (exact) mass is 436 g/mol. The maximum Gasteiger partial charge on any atom is 0.312 e. The van der Waals surface area contributed by atoms with Crippen molar-refractivity contribution in [1.82, 2.24) is 5.32 Å². The summed E-state index contributed by atoms with van der Waals surface area (Å²) in [6, 6.07) is 3.65. The fraction of sp³-hybridized carbons (Fsp3) is 0.591. The van der Waals surface area contributed by atoms with Crippen LogP contribution >= 0.6 is 11.6 Å². The first-order chi connectivity index (χ1) is 14.1. The van der Waals surface area contributed by atoms with Gasteiger partial charge in [-0.1, -0.05) is 11.6 Å². The van der Waals surface area contributed by atoms with E-state index < -0.39 is 23.2 Å². The molecule has 4 bridgehead atoms. The highest BCUT2D eigenvalue weighted by Gasteiger charge is 2.61. The van der Waals surface area contributed by atoms with E-state index in [0.717, 1.165) is 38.2 Å². The molecule has 4 saturated carbocycles. The predicted molar refractivity (Wildman–Crippen MR) is 109 cm³/mol. The quantitative estimate of drug-likeness (QED) is 0.687. The zero-order valence-corrected chi connectivity index (χ0v) is 17.9. The summed E-state index contributed by atoms with van der Waals surface area (Å²) in [5.41, 5.74) is -0.748. The van der Waals surface area contributed by atoms with Gasteiger partial charge in [-0.2, -0.15) is 0 Å². The van der Waals surface area contributed by atoms with Gasteiger partial charge in [0.25, 0.3) is 5.91 Å². The van der Waals surface area contributed by atoms with E-state index in [0.29, 0.717) is 18.3 Å². The summed E-state index contributed by atoms with van der Waals surface area (Å²) < 4.78 is 18.8. The van der Waals surface area contributed by atoms with E-state index in [2.05, 4.69) is 10.6 Å². The molecule has 0 radical (unpaired) electrons. The predicted octanol–water partition coefficient (Wildman–Crippen LogP) is 3.82. The molecule has 2 unspecified atom stereocenters. The van der Waals surface area contributed by atoms with Crippen LogP contribution in [0.3, 0.4) is 0 Å². The maximum atomic E-state index is 13.2. The number of benzene rings is 1. The van der Waals surface area contributed by atoms with Crippen molar-refractivity contribution in [2.45, 2.75) is 64.0 Å². The molecule has 2 amide bonds. The van der Waals surface area contributed by atoms with Gasteiger partial charge in [0.2, 0.25) is 5.91 Å². The average Bonchev–Trinajstić information content (AvgIpc) is 2.61. The lowest BCUT2D eigenvalue weighted by molar-refractivity contribution is -0.181. The van der Waals surface area contributed by atoms with Crippen molar-refractivity contribution in [2.75, 3.05) is 5.32 Å². The van der Waals surface area contributed by atoms with Gasteiger partial charge in [-0.05, 0) is 75.5 Å². The Bertz CT molecular complexity index is 891. The molecule has 4 aliphatic rings.